The zero-order valence-corrected chi connectivity index (χ0v) is 12.0. The Morgan fingerprint density at radius 3 is 1.58 bits per heavy atom. The minimum absolute atomic E-state index is 0.270. The monoisotopic (exact) mass is 266 g/mol. The summed E-state index contributed by atoms with van der Waals surface area (Å²) in [6, 6.07) is 0. The Bertz CT molecular complexity index is 357. The molecule has 0 aliphatic carbocycles. The van der Waals surface area contributed by atoms with Crippen molar-refractivity contribution in [2.75, 3.05) is 14.2 Å². The zero-order chi connectivity index (χ0) is 14.5. The molecule has 1 fully saturated rings. The summed E-state index contributed by atoms with van der Waals surface area (Å²) in [5, 5.41) is 0. The molecule has 1 saturated heterocycles. The molecule has 0 aromatic carbocycles. The number of ether oxygens (including phenoxy) is 4. The van der Waals surface area contributed by atoms with E-state index in [0.717, 1.165) is 0 Å². The molecule has 0 unspecified atom stereocenters. The molecule has 0 bridgehead atoms. The fourth-order valence-electron chi connectivity index (χ4n) is 1.84. The lowest BCUT2D eigenvalue weighted by molar-refractivity contribution is -0.139. The molecule has 4 nitrogen and oxygen atoms in total. The van der Waals surface area contributed by atoms with Crippen molar-refractivity contribution in [2.45, 2.75) is 31.8 Å². The number of hydrogen-bond acceptors (Lipinski definition) is 4. The van der Waals surface area contributed by atoms with Gasteiger partial charge in [0, 0.05) is 0 Å². The minimum Gasteiger partial charge on any atom is -0.497 e. The van der Waals surface area contributed by atoms with Gasteiger partial charge < -0.3 is 18.9 Å². The van der Waals surface area contributed by atoms with Gasteiger partial charge in [0.25, 0.3) is 0 Å². The van der Waals surface area contributed by atoms with Crippen LogP contribution in [0.2, 0.25) is 0 Å². The molecule has 0 aromatic heterocycles. The molecule has 2 atom stereocenters. The van der Waals surface area contributed by atoms with Gasteiger partial charge in [0.05, 0.1) is 14.2 Å². The van der Waals surface area contributed by atoms with Gasteiger partial charge in [-0.1, -0.05) is 13.2 Å². The van der Waals surface area contributed by atoms with Crippen LogP contribution in [0.4, 0.5) is 0 Å². The molecule has 1 aliphatic rings. The van der Waals surface area contributed by atoms with Crippen LogP contribution < -0.4 is 0 Å². The summed E-state index contributed by atoms with van der Waals surface area (Å²) >= 11 is 0. The summed E-state index contributed by atoms with van der Waals surface area (Å²) in [7, 11) is 3.17. The van der Waals surface area contributed by atoms with Crippen LogP contribution in [-0.4, -0.2) is 32.2 Å². The van der Waals surface area contributed by atoms with E-state index in [0.29, 0.717) is 11.5 Å². The number of rotatable bonds is 6. The van der Waals surface area contributed by atoms with Gasteiger partial charge in [-0.2, -0.15) is 0 Å². The normalized spacial score (nSPS) is 26.9. The summed E-state index contributed by atoms with van der Waals surface area (Å²) in [5.74, 6) is 0.618. The predicted octanol–water partition coefficient (Wildman–Crippen LogP) is 2.94. The van der Waals surface area contributed by atoms with Crippen molar-refractivity contribution in [1.82, 2.24) is 0 Å². The van der Waals surface area contributed by atoms with Crippen molar-refractivity contribution in [3.8, 4) is 0 Å². The van der Waals surface area contributed by atoms with Gasteiger partial charge in [0.15, 0.2) is 5.79 Å². The maximum absolute atomic E-state index is 5.82. The van der Waals surface area contributed by atoms with E-state index in [1.54, 1.807) is 26.4 Å². The molecular weight excluding hydrogens is 244 g/mol. The highest BCUT2D eigenvalue weighted by molar-refractivity contribution is 5.19. The van der Waals surface area contributed by atoms with Gasteiger partial charge in [-0.25, -0.2) is 0 Å². The van der Waals surface area contributed by atoms with E-state index in [-0.39, 0.29) is 12.2 Å². The fraction of sp³-hybridized carbons (Fsp3) is 0.467. The predicted molar refractivity (Wildman–Crippen MR) is 74.4 cm³/mol. The van der Waals surface area contributed by atoms with Crippen LogP contribution in [0.5, 0.6) is 0 Å². The lowest BCUT2D eigenvalue weighted by Gasteiger charge is -2.16. The van der Waals surface area contributed by atoms with Crippen molar-refractivity contribution < 1.29 is 18.9 Å². The quantitative estimate of drug-likeness (QED) is 0.547. The third kappa shape index (κ3) is 4.26. The first-order chi connectivity index (χ1) is 8.95. The largest absolute Gasteiger partial charge is 0.497 e. The molecule has 0 amide bonds. The van der Waals surface area contributed by atoms with Gasteiger partial charge >= 0.3 is 0 Å². The number of hydrogen-bond donors (Lipinski definition) is 0. The van der Waals surface area contributed by atoms with Crippen molar-refractivity contribution >= 4 is 0 Å². The van der Waals surface area contributed by atoms with Gasteiger partial charge in [-0.15, -0.1) is 0 Å². The van der Waals surface area contributed by atoms with E-state index in [2.05, 4.69) is 13.2 Å². The maximum atomic E-state index is 5.82. The average molecular weight is 266 g/mol. The minimum atomic E-state index is -0.664. The number of allylic oxidation sites excluding steroid dienone is 2. The van der Waals surface area contributed by atoms with E-state index in [1.165, 1.54) is 0 Å². The van der Waals surface area contributed by atoms with Crippen LogP contribution in [0.15, 0.2) is 49.0 Å². The molecule has 19 heavy (non-hydrogen) atoms. The van der Waals surface area contributed by atoms with Gasteiger partial charge in [-0.3, -0.25) is 0 Å². The first-order valence-corrected chi connectivity index (χ1v) is 6.08. The lowest BCUT2D eigenvalue weighted by atomic mass is 10.1. The van der Waals surface area contributed by atoms with Crippen LogP contribution in [0.3, 0.4) is 0 Å². The smallest absolute Gasteiger partial charge is 0.164 e. The number of methoxy groups -OCH3 is 2. The summed E-state index contributed by atoms with van der Waals surface area (Å²) in [5.41, 5.74) is 0. The van der Waals surface area contributed by atoms with E-state index < -0.39 is 5.79 Å². The van der Waals surface area contributed by atoms with Crippen molar-refractivity contribution in [3.63, 3.8) is 0 Å². The Kier molecular flexibility index (Phi) is 5.39. The molecule has 1 aliphatic heterocycles. The molecule has 0 radical (unpaired) electrons. The lowest BCUT2D eigenvalue weighted by Crippen LogP contribution is -2.21. The van der Waals surface area contributed by atoms with Crippen LogP contribution in [-0.2, 0) is 18.9 Å². The molecule has 1 heterocycles. The Labute approximate surface area is 115 Å². The molecular formula is C15H22O4. The second-order valence-electron chi connectivity index (χ2n) is 4.52. The zero-order valence-electron chi connectivity index (χ0n) is 12.0. The third-order valence-electron chi connectivity index (χ3n) is 2.69. The van der Waals surface area contributed by atoms with E-state index in [4.69, 9.17) is 18.9 Å². The van der Waals surface area contributed by atoms with Crippen LogP contribution in [0.1, 0.15) is 13.8 Å². The van der Waals surface area contributed by atoms with Crippen LogP contribution >= 0.6 is 0 Å². The van der Waals surface area contributed by atoms with E-state index in [9.17, 15) is 0 Å². The first kappa shape index (κ1) is 15.5. The van der Waals surface area contributed by atoms with Crippen molar-refractivity contribution in [3.05, 3.63) is 49.0 Å². The molecule has 106 valence electrons. The highest BCUT2D eigenvalue weighted by Gasteiger charge is 2.39. The highest BCUT2D eigenvalue weighted by Crippen LogP contribution is 2.31. The molecule has 0 saturated carbocycles. The third-order valence-corrected chi connectivity index (χ3v) is 2.69. The Balaban J connectivity index is 2.99. The van der Waals surface area contributed by atoms with Gasteiger partial charge in [0.2, 0.25) is 0 Å². The highest BCUT2D eigenvalue weighted by atomic mass is 16.7. The standard InChI is InChI=1S/C15H22O4/c1-7-11(16-5)9-13-14(10-12(8-2)17-6)19-15(3,4)18-13/h7-10,13-14H,1-2H2,3-6H3/b11-9+,12-10+/t13-,14-/m1/s1. The summed E-state index contributed by atoms with van der Waals surface area (Å²) in [6.45, 7) is 11.1. The molecule has 1 rings (SSSR count). The SMILES string of the molecule is C=C/C(=C\[C@H]1OC(C)(C)O[C@@H]1/C=C(\C=C)OC)OC. The molecule has 0 aromatic rings. The molecule has 4 heteroatoms. The summed E-state index contributed by atoms with van der Waals surface area (Å²) in [4.78, 5) is 0. The second-order valence-corrected chi connectivity index (χ2v) is 4.52. The fourth-order valence-corrected chi connectivity index (χ4v) is 1.84. The average Bonchev–Trinajstić information content (AvgIpc) is 2.67. The Morgan fingerprint density at radius 2 is 1.32 bits per heavy atom. The van der Waals surface area contributed by atoms with Gasteiger partial charge in [0.1, 0.15) is 23.7 Å². The summed E-state index contributed by atoms with van der Waals surface area (Å²) < 4.78 is 22.0. The molecule has 0 N–H and O–H groups in total. The second kappa shape index (κ2) is 6.59. The maximum Gasteiger partial charge on any atom is 0.164 e. The van der Waals surface area contributed by atoms with Crippen LogP contribution in [0.25, 0.3) is 0 Å². The van der Waals surface area contributed by atoms with E-state index in [1.807, 2.05) is 26.0 Å². The van der Waals surface area contributed by atoms with Gasteiger partial charge in [-0.05, 0) is 38.2 Å². The van der Waals surface area contributed by atoms with Crippen molar-refractivity contribution in [2.24, 2.45) is 0 Å². The molecule has 0 spiro atoms. The summed E-state index contributed by atoms with van der Waals surface area (Å²) in [6.07, 6.45) is 6.37. The topological polar surface area (TPSA) is 36.9 Å². The Morgan fingerprint density at radius 1 is 0.947 bits per heavy atom. The van der Waals surface area contributed by atoms with Crippen LogP contribution in [0, 0.1) is 0 Å². The first-order valence-electron chi connectivity index (χ1n) is 6.08. The Hall–Kier alpha value is -1.52. The van der Waals surface area contributed by atoms with E-state index >= 15 is 0 Å². The van der Waals surface area contributed by atoms with Crippen molar-refractivity contribution in [1.29, 1.82) is 0 Å².